The summed E-state index contributed by atoms with van der Waals surface area (Å²) in [4.78, 5) is 0. The van der Waals surface area contributed by atoms with Crippen molar-refractivity contribution in [1.29, 1.82) is 0 Å². The topological polar surface area (TPSA) is 73.9 Å². The van der Waals surface area contributed by atoms with E-state index in [0.717, 1.165) is 0 Å². The highest BCUT2D eigenvalue weighted by molar-refractivity contribution is 5.51. The second-order valence-corrected chi connectivity index (χ2v) is 3.38. The Hall–Kier alpha value is -1.46. The molecule has 0 fully saturated rings. The highest BCUT2D eigenvalue weighted by Gasteiger charge is 2.02. The third-order valence-corrected chi connectivity index (χ3v) is 2.05. The van der Waals surface area contributed by atoms with E-state index in [2.05, 4.69) is 0 Å². The Kier molecular flexibility index (Phi) is 6.21. The van der Waals surface area contributed by atoms with Crippen LogP contribution in [0.3, 0.4) is 0 Å². The quantitative estimate of drug-likeness (QED) is 0.409. The third kappa shape index (κ3) is 5.42. The molecule has 0 aliphatic rings. The smallest absolute Gasteiger partial charge is 0.163 e. The van der Waals surface area contributed by atoms with Crippen LogP contribution in [0.4, 0.5) is 5.69 Å². The van der Waals surface area contributed by atoms with Crippen LogP contribution in [0.25, 0.3) is 0 Å². The first-order valence-electron chi connectivity index (χ1n) is 5.60. The Bertz CT molecular complexity index is 330. The van der Waals surface area contributed by atoms with Crippen molar-refractivity contribution in [2.45, 2.75) is 6.92 Å². The summed E-state index contributed by atoms with van der Waals surface area (Å²) < 4.78 is 15.7. The van der Waals surface area contributed by atoms with Crippen molar-refractivity contribution in [1.82, 2.24) is 0 Å². The Morgan fingerprint density at radius 2 is 1.82 bits per heavy atom. The number of aromatic hydroxyl groups is 1. The number of phenolic OH excluding ortho intramolecular Hbond substituents is 1. The van der Waals surface area contributed by atoms with Gasteiger partial charge in [-0.25, -0.2) is 0 Å². The number of nitrogen functional groups attached to an aromatic ring is 1. The predicted molar refractivity (Wildman–Crippen MR) is 65.3 cm³/mol. The summed E-state index contributed by atoms with van der Waals surface area (Å²) in [5, 5.41) is 9.47. The lowest BCUT2D eigenvalue weighted by Gasteiger charge is -2.09. The number of benzene rings is 1. The van der Waals surface area contributed by atoms with Crippen LogP contribution >= 0.6 is 0 Å². The second-order valence-electron chi connectivity index (χ2n) is 3.38. The molecule has 0 amide bonds. The molecule has 0 radical (unpaired) electrons. The molecule has 0 heterocycles. The van der Waals surface area contributed by atoms with Crippen LogP contribution in [0.5, 0.6) is 11.5 Å². The van der Waals surface area contributed by atoms with Gasteiger partial charge in [-0.2, -0.15) is 0 Å². The van der Waals surface area contributed by atoms with E-state index in [4.69, 9.17) is 19.9 Å². The molecule has 0 aromatic heterocycles. The fraction of sp³-hybridized carbons (Fsp3) is 0.500. The Morgan fingerprint density at radius 1 is 1.12 bits per heavy atom. The number of hydrogen-bond donors (Lipinski definition) is 2. The van der Waals surface area contributed by atoms with Crippen molar-refractivity contribution >= 4 is 5.69 Å². The van der Waals surface area contributed by atoms with Gasteiger partial charge in [0.05, 0.1) is 19.8 Å². The first kappa shape index (κ1) is 13.6. The monoisotopic (exact) mass is 241 g/mol. The summed E-state index contributed by atoms with van der Waals surface area (Å²) in [5.41, 5.74) is 6.12. The molecule has 96 valence electrons. The van der Waals surface area contributed by atoms with Crippen LogP contribution in [0.1, 0.15) is 6.92 Å². The maximum Gasteiger partial charge on any atom is 0.163 e. The minimum Gasteiger partial charge on any atom is -0.504 e. The summed E-state index contributed by atoms with van der Waals surface area (Å²) in [6, 6.07) is 4.69. The predicted octanol–water partition coefficient (Wildman–Crippen LogP) is 1.41. The zero-order valence-electron chi connectivity index (χ0n) is 10.0. The molecule has 0 saturated carbocycles. The van der Waals surface area contributed by atoms with Crippen molar-refractivity contribution in [3.8, 4) is 11.5 Å². The minimum atomic E-state index is 0.0773. The zero-order chi connectivity index (χ0) is 12.5. The third-order valence-electron chi connectivity index (χ3n) is 2.05. The molecule has 0 bridgehead atoms. The summed E-state index contributed by atoms with van der Waals surface area (Å²) >= 11 is 0. The zero-order valence-corrected chi connectivity index (χ0v) is 10.0. The lowest BCUT2D eigenvalue weighted by atomic mass is 10.3. The Labute approximate surface area is 101 Å². The van der Waals surface area contributed by atoms with E-state index in [1.54, 1.807) is 12.1 Å². The summed E-state index contributed by atoms with van der Waals surface area (Å²) in [6.07, 6.45) is 0. The van der Waals surface area contributed by atoms with Crippen LogP contribution < -0.4 is 10.5 Å². The highest BCUT2D eigenvalue weighted by Crippen LogP contribution is 2.27. The van der Waals surface area contributed by atoms with Gasteiger partial charge < -0.3 is 25.1 Å². The number of anilines is 1. The molecule has 3 N–H and O–H groups in total. The summed E-state index contributed by atoms with van der Waals surface area (Å²) in [6.45, 7) is 4.56. The van der Waals surface area contributed by atoms with Crippen LogP contribution in [0, 0.1) is 0 Å². The number of ether oxygens (including phenoxy) is 3. The van der Waals surface area contributed by atoms with Crippen molar-refractivity contribution in [2.24, 2.45) is 0 Å². The van der Waals surface area contributed by atoms with E-state index >= 15 is 0 Å². The summed E-state index contributed by atoms with van der Waals surface area (Å²) in [5.74, 6) is 0.451. The maximum atomic E-state index is 9.47. The van der Waals surface area contributed by atoms with Gasteiger partial charge in [-0.05, 0) is 19.1 Å². The standard InChI is InChI=1S/C12H19NO4/c1-2-15-5-6-16-7-8-17-12-9-10(13)3-4-11(12)14/h3-4,9,14H,2,5-8,13H2,1H3. The van der Waals surface area contributed by atoms with Gasteiger partial charge in [0.1, 0.15) is 6.61 Å². The number of rotatable bonds is 8. The van der Waals surface area contributed by atoms with E-state index in [9.17, 15) is 5.11 Å². The molecule has 0 saturated heterocycles. The van der Waals surface area contributed by atoms with E-state index < -0.39 is 0 Å². The van der Waals surface area contributed by atoms with E-state index in [-0.39, 0.29) is 5.75 Å². The molecule has 0 aliphatic heterocycles. The van der Waals surface area contributed by atoms with Gasteiger partial charge in [0.25, 0.3) is 0 Å². The number of hydrogen-bond acceptors (Lipinski definition) is 5. The fourth-order valence-electron chi connectivity index (χ4n) is 1.22. The van der Waals surface area contributed by atoms with Crippen LogP contribution in [0.15, 0.2) is 18.2 Å². The molecule has 1 aromatic rings. The second kappa shape index (κ2) is 7.76. The first-order valence-corrected chi connectivity index (χ1v) is 5.60. The van der Waals surface area contributed by atoms with Crippen molar-refractivity contribution < 1.29 is 19.3 Å². The largest absolute Gasteiger partial charge is 0.504 e. The average molecular weight is 241 g/mol. The molecule has 0 spiro atoms. The number of nitrogens with two attached hydrogens (primary N) is 1. The van der Waals surface area contributed by atoms with E-state index in [1.807, 2.05) is 6.92 Å². The normalized spacial score (nSPS) is 10.4. The van der Waals surface area contributed by atoms with Crippen molar-refractivity contribution in [2.75, 3.05) is 38.8 Å². The van der Waals surface area contributed by atoms with Crippen LogP contribution in [0.2, 0.25) is 0 Å². The molecule has 1 aromatic carbocycles. The van der Waals surface area contributed by atoms with Gasteiger partial charge in [-0.15, -0.1) is 0 Å². The molecule has 5 heteroatoms. The van der Waals surface area contributed by atoms with Gasteiger partial charge in [0, 0.05) is 18.4 Å². The first-order chi connectivity index (χ1) is 8.24. The molecular formula is C12H19NO4. The molecule has 1 rings (SSSR count). The molecule has 0 atom stereocenters. The maximum absolute atomic E-state index is 9.47. The summed E-state index contributed by atoms with van der Waals surface area (Å²) in [7, 11) is 0. The lowest BCUT2D eigenvalue weighted by molar-refractivity contribution is 0.0402. The van der Waals surface area contributed by atoms with Crippen molar-refractivity contribution in [3.63, 3.8) is 0 Å². The number of phenols is 1. The molecular weight excluding hydrogens is 222 g/mol. The van der Waals surface area contributed by atoms with Gasteiger partial charge in [-0.3, -0.25) is 0 Å². The Balaban J connectivity index is 2.15. The van der Waals surface area contributed by atoms with E-state index in [0.29, 0.717) is 44.5 Å². The van der Waals surface area contributed by atoms with Gasteiger partial charge in [0.2, 0.25) is 0 Å². The molecule has 5 nitrogen and oxygen atoms in total. The fourth-order valence-corrected chi connectivity index (χ4v) is 1.22. The lowest BCUT2D eigenvalue weighted by Crippen LogP contribution is -2.10. The molecule has 0 aliphatic carbocycles. The molecule has 17 heavy (non-hydrogen) atoms. The molecule has 0 unspecified atom stereocenters. The van der Waals surface area contributed by atoms with E-state index in [1.165, 1.54) is 6.07 Å². The van der Waals surface area contributed by atoms with Crippen LogP contribution in [-0.4, -0.2) is 38.1 Å². The highest BCUT2D eigenvalue weighted by atomic mass is 16.5. The minimum absolute atomic E-state index is 0.0773. The van der Waals surface area contributed by atoms with Gasteiger partial charge in [-0.1, -0.05) is 0 Å². The SMILES string of the molecule is CCOCCOCCOc1cc(N)ccc1O. The van der Waals surface area contributed by atoms with Crippen molar-refractivity contribution in [3.05, 3.63) is 18.2 Å². The van der Waals surface area contributed by atoms with Crippen LogP contribution in [-0.2, 0) is 9.47 Å². The average Bonchev–Trinajstić information content (AvgIpc) is 2.32. The Morgan fingerprint density at radius 3 is 2.59 bits per heavy atom. The van der Waals surface area contributed by atoms with Gasteiger partial charge in [0.15, 0.2) is 11.5 Å². The van der Waals surface area contributed by atoms with Gasteiger partial charge >= 0.3 is 0 Å².